The van der Waals surface area contributed by atoms with Crippen molar-refractivity contribution in [2.24, 2.45) is 0 Å². The van der Waals surface area contributed by atoms with Gasteiger partial charge in [-0.05, 0) is 49.7 Å². The second-order valence-corrected chi connectivity index (χ2v) is 6.45. The highest BCUT2D eigenvalue weighted by Crippen LogP contribution is 2.38. The van der Waals surface area contributed by atoms with Gasteiger partial charge >= 0.3 is 0 Å². The fourth-order valence-corrected chi connectivity index (χ4v) is 3.54. The van der Waals surface area contributed by atoms with Crippen molar-refractivity contribution in [2.45, 2.75) is 23.6 Å². The van der Waals surface area contributed by atoms with Crippen LogP contribution in [-0.2, 0) is 0 Å². The minimum atomic E-state index is 0.726. The minimum Gasteiger partial charge on any atom is -0.358 e. The normalized spacial score (nSPS) is 10.8. The largest absolute Gasteiger partial charge is 0.358 e. The number of nitrogens with one attached hydrogen (secondary N) is 1. The van der Waals surface area contributed by atoms with Crippen molar-refractivity contribution in [1.82, 2.24) is 4.98 Å². The Morgan fingerprint density at radius 1 is 1.10 bits per heavy atom. The summed E-state index contributed by atoms with van der Waals surface area (Å²) in [7, 11) is 0. The molecule has 0 aliphatic rings. The first-order chi connectivity index (χ1) is 10.1. The smallest absolute Gasteiger partial charge is 0.100 e. The van der Waals surface area contributed by atoms with E-state index < -0.39 is 0 Å². The zero-order valence-corrected chi connectivity index (χ0v) is 13.3. The first-order valence-corrected chi connectivity index (χ1v) is 7.75. The minimum absolute atomic E-state index is 0.726. The van der Waals surface area contributed by atoms with E-state index in [0.29, 0.717) is 0 Å². The van der Waals surface area contributed by atoms with Crippen molar-refractivity contribution in [2.75, 3.05) is 0 Å². The van der Waals surface area contributed by atoms with Crippen molar-refractivity contribution in [3.63, 3.8) is 0 Å². The monoisotopic (exact) mass is 312 g/mol. The van der Waals surface area contributed by atoms with Gasteiger partial charge in [-0.1, -0.05) is 29.4 Å². The molecule has 0 aliphatic heterocycles. The average molecular weight is 313 g/mol. The van der Waals surface area contributed by atoms with E-state index in [4.69, 9.17) is 11.6 Å². The van der Waals surface area contributed by atoms with Gasteiger partial charge in [-0.2, -0.15) is 5.26 Å². The van der Waals surface area contributed by atoms with Crippen LogP contribution in [0.5, 0.6) is 0 Å². The Kier molecular flexibility index (Phi) is 3.67. The van der Waals surface area contributed by atoms with Crippen molar-refractivity contribution >= 4 is 34.3 Å². The third kappa shape index (κ3) is 2.53. The van der Waals surface area contributed by atoms with Gasteiger partial charge in [0.2, 0.25) is 0 Å². The number of H-pyrrole nitrogens is 1. The second-order valence-electron chi connectivity index (χ2n) is 4.93. The summed E-state index contributed by atoms with van der Waals surface area (Å²) in [5.41, 5.74) is 3.83. The molecular formula is C17H13ClN2S. The summed E-state index contributed by atoms with van der Waals surface area (Å²) < 4.78 is 0. The highest BCUT2D eigenvalue weighted by Gasteiger charge is 2.15. The molecule has 3 rings (SSSR count). The van der Waals surface area contributed by atoms with E-state index in [1.54, 1.807) is 11.8 Å². The number of aromatic amines is 1. The Labute approximate surface area is 132 Å². The molecule has 2 nitrogen and oxygen atoms in total. The molecule has 0 atom stereocenters. The predicted octanol–water partition coefficient (Wildman–Crippen LogP) is 5.46. The van der Waals surface area contributed by atoms with Crippen LogP contribution >= 0.6 is 23.4 Å². The third-order valence-electron chi connectivity index (χ3n) is 3.45. The number of aromatic nitrogens is 1. The molecule has 4 heteroatoms. The number of rotatable bonds is 2. The summed E-state index contributed by atoms with van der Waals surface area (Å²) in [6, 6.07) is 14.1. The van der Waals surface area contributed by atoms with E-state index >= 15 is 0 Å². The fourth-order valence-electron chi connectivity index (χ4n) is 2.39. The molecule has 0 amide bonds. The number of hydrogen-bond acceptors (Lipinski definition) is 2. The molecule has 1 N–H and O–H groups in total. The van der Waals surface area contributed by atoms with Gasteiger partial charge in [0.15, 0.2) is 0 Å². The van der Waals surface area contributed by atoms with Crippen LogP contribution in [0.1, 0.15) is 16.8 Å². The molecule has 1 heterocycles. The molecule has 0 saturated heterocycles. The first-order valence-electron chi connectivity index (χ1n) is 6.55. The van der Waals surface area contributed by atoms with Crippen LogP contribution in [0, 0.1) is 25.2 Å². The Bertz CT molecular complexity index is 857. The predicted molar refractivity (Wildman–Crippen MR) is 88.1 cm³/mol. The molecule has 2 aromatic carbocycles. The van der Waals surface area contributed by atoms with Gasteiger partial charge in [-0.15, -0.1) is 0 Å². The van der Waals surface area contributed by atoms with Gasteiger partial charge in [-0.25, -0.2) is 0 Å². The first kappa shape index (κ1) is 14.1. The molecular weight excluding hydrogens is 300 g/mol. The molecule has 0 radical (unpaired) electrons. The van der Waals surface area contributed by atoms with E-state index in [0.717, 1.165) is 42.5 Å². The van der Waals surface area contributed by atoms with Gasteiger partial charge in [-0.3, -0.25) is 0 Å². The molecule has 0 saturated carbocycles. The molecule has 1 aromatic heterocycles. The van der Waals surface area contributed by atoms with E-state index in [1.165, 1.54) is 0 Å². The molecule has 21 heavy (non-hydrogen) atoms. The maximum atomic E-state index is 9.46. The lowest BCUT2D eigenvalue weighted by atomic mass is 10.1. The lowest BCUT2D eigenvalue weighted by Crippen LogP contribution is -1.84. The van der Waals surface area contributed by atoms with Crippen LogP contribution in [0.3, 0.4) is 0 Å². The van der Waals surface area contributed by atoms with E-state index in [-0.39, 0.29) is 0 Å². The van der Waals surface area contributed by atoms with Crippen molar-refractivity contribution in [3.05, 3.63) is 58.2 Å². The van der Waals surface area contributed by atoms with E-state index in [2.05, 4.69) is 11.1 Å². The molecule has 0 bridgehead atoms. The number of nitriles is 1. The molecule has 3 aromatic rings. The van der Waals surface area contributed by atoms with Crippen LogP contribution in [0.15, 0.2) is 46.2 Å². The van der Waals surface area contributed by atoms with Gasteiger partial charge in [0.25, 0.3) is 0 Å². The zero-order valence-electron chi connectivity index (χ0n) is 11.7. The maximum Gasteiger partial charge on any atom is 0.100 e. The van der Waals surface area contributed by atoms with Gasteiger partial charge < -0.3 is 4.98 Å². The summed E-state index contributed by atoms with van der Waals surface area (Å²) in [6.45, 7) is 4.01. The summed E-state index contributed by atoms with van der Waals surface area (Å²) in [5, 5.41) is 11.2. The number of nitrogens with zero attached hydrogens (tertiary/aromatic N) is 1. The topological polar surface area (TPSA) is 39.6 Å². The van der Waals surface area contributed by atoms with Crippen LogP contribution in [0.2, 0.25) is 5.02 Å². The molecule has 0 aliphatic carbocycles. The summed E-state index contributed by atoms with van der Waals surface area (Å²) in [6.07, 6.45) is 0. The van der Waals surface area contributed by atoms with E-state index in [1.807, 2.05) is 50.2 Å². The number of aryl methyl sites for hydroxylation is 2. The summed E-state index contributed by atoms with van der Waals surface area (Å²) in [5.74, 6) is 0. The number of hydrogen-bond donors (Lipinski definition) is 1. The summed E-state index contributed by atoms with van der Waals surface area (Å²) in [4.78, 5) is 5.57. The van der Waals surface area contributed by atoms with Crippen molar-refractivity contribution < 1.29 is 0 Å². The SMILES string of the molecule is Cc1ccc2[nH]c(C)c(Sc3ccc(Cl)cc3)c2c1C#N. The third-order valence-corrected chi connectivity index (χ3v) is 4.92. The van der Waals surface area contributed by atoms with Crippen LogP contribution in [0.25, 0.3) is 10.9 Å². The Hall–Kier alpha value is -1.89. The zero-order chi connectivity index (χ0) is 15.0. The highest BCUT2D eigenvalue weighted by molar-refractivity contribution is 7.99. The molecule has 0 fully saturated rings. The Balaban J connectivity index is 2.18. The highest BCUT2D eigenvalue weighted by atomic mass is 35.5. The molecule has 0 spiro atoms. The maximum absolute atomic E-state index is 9.46. The van der Waals surface area contributed by atoms with Crippen LogP contribution in [0.4, 0.5) is 0 Å². The van der Waals surface area contributed by atoms with Crippen molar-refractivity contribution in [3.8, 4) is 6.07 Å². The van der Waals surface area contributed by atoms with Crippen LogP contribution < -0.4 is 0 Å². The van der Waals surface area contributed by atoms with Crippen LogP contribution in [-0.4, -0.2) is 4.98 Å². The number of fused-ring (bicyclic) bond motifs is 1. The lowest BCUT2D eigenvalue weighted by molar-refractivity contribution is 1.22. The van der Waals surface area contributed by atoms with Gasteiger partial charge in [0.1, 0.15) is 6.07 Å². The Morgan fingerprint density at radius 2 is 1.81 bits per heavy atom. The number of halogens is 1. The lowest BCUT2D eigenvalue weighted by Gasteiger charge is -2.05. The average Bonchev–Trinajstić information content (AvgIpc) is 2.78. The van der Waals surface area contributed by atoms with Crippen molar-refractivity contribution in [1.29, 1.82) is 5.26 Å². The molecule has 0 unspecified atom stereocenters. The quantitative estimate of drug-likeness (QED) is 0.682. The second kappa shape index (κ2) is 5.48. The Morgan fingerprint density at radius 3 is 2.48 bits per heavy atom. The standard InChI is InChI=1S/C17H13ClN2S/c1-10-3-8-15-16(14(10)9-19)17(11(2)20-15)21-13-6-4-12(18)5-7-13/h3-8,20H,1-2H3. The van der Waals surface area contributed by atoms with Gasteiger partial charge in [0.05, 0.1) is 5.56 Å². The van der Waals surface area contributed by atoms with E-state index in [9.17, 15) is 5.26 Å². The summed E-state index contributed by atoms with van der Waals surface area (Å²) >= 11 is 7.59. The van der Waals surface area contributed by atoms with Gasteiger partial charge in [0, 0.05) is 31.4 Å². The number of benzene rings is 2. The molecule has 104 valence electrons. The fraction of sp³-hybridized carbons (Fsp3) is 0.118.